The number of ketones is 1. The van der Waals surface area contributed by atoms with E-state index in [1.807, 2.05) is 6.92 Å². The number of rotatable bonds is 10. The maximum atomic E-state index is 12.8. The molecule has 0 amide bonds. The summed E-state index contributed by atoms with van der Waals surface area (Å²) < 4.78 is 21.4. The molecule has 0 unspecified atom stereocenters. The topological polar surface area (TPSA) is 95.3 Å². The summed E-state index contributed by atoms with van der Waals surface area (Å²) in [4.78, 5) is 39.9. The van der Waals surface area contributed by atoms with Gasteiger partial charge in [-0.25, -0.2) is 9.59 Å². The molecule has 0 spiro atoms. The molecule has 8 heteroatoms. The Morgan fingerprint density at radius 3 is 2.11 bits per heavy atom. The zero-order chi connectivity index (χ0) is 20.5. The van der Waals surface area contributed by atoms with E-state index < -0.39 is 11.9 Å². The maximum absolute atomic E-state index is 12.8. The highest BCUT2D eigenvalue weighted by atomic mass is 16.5. The van der Waals surface area contributed by atoms with E-state index in [1.165, 1.54) is 0 Å². The molecule has 28 heavy (non-hydrogen) atoms. The predicted molar refractivity (Wildman–Crippen MR) is 102 cm³/mol. The highest BCUT2D eigenvalue weighted by molar-refractivity contribution is 6.13. The second-order valence-corrected chi connectivity index (χ2v) is 6.41. The standard InChI is InChI=1S/C20H29NO7/c1-4-7-8-9-14(22)17-15(19(23)26-5-2)16(20(24)27-6-3)18(28-17)21-10-12-25-13-11-21/h4-13H2,1-3H3. The average Bonchev–Trinajstić information content (AvgIpc) is 3.10. The van der Waals surface area contributed by atoms with Gasteiger partial charge < -0.3 is 23.5 Å². The van der Waals surface area contributed by atoms with Crippen molar-refractivity contribution in [2.75, 3.05) is 44.4 Å². The van der Waals surface area contributed by atoms with Gasteiger partial charge in [-0.15, -0.1) is 0 Å². The Morgan fingerprint density at radius 2 is 1.54 bits per heavy atom. The van der Waals surface area contributed by atoms with Gasteiger partial charge in [0.2, 0.25) is 5.88 Å². The van der Waals surface area contributed by atoms with Crippen LogP contribution in [0.3, 0.4) is 0 Å². The van der Waals surface area contributed by atoms with Crippen molar-refractivity contribution in [3.8, 4) is 0 Å². The van der Waals surface area contributed by atoms with Gasteiger partial charge in [-0.1, -0.05) is 19.8 Å². The summed E-state index contributed by atoms with van der Waals surface area (Å²) in [7, 11) is 0. The molecule has 1 aliphatic heterocycles. The summed E-state index contributed by atoms with van der Waals surface area (Å²) in [5.41, 5.74) is -0.177. The van der Waals surface area contributed by atoms with Crippen LogP contribution in [0.25, 0.3) is 0 Å². The molecule has 0 aromatic carbocycles. The Labute approximate surface area is 165 Å². The molecule has 1 aliphatic rings. The van der Waals surface area contributed by atoms with E-state index >= 15 is 0 Å². The van der Waals surface area contributed by atoms with Gasteiger partial charge in [-0.3, -0.25) is 4.79 Å². The fraction of sp³-hybridized carbons (Fsp3) is 0.650. The molecular formula is C20H29NO7. The number of morpholine rings is 1. The van der Waals surface area contributed by atoms with Crippen LogP contribution < -0.4 is 4.90 Å². The minimum atomic E-state index is -0.757. The second-order valence-electron chi connectivity index (χ2n) is 6.41. The molecule has 1 aromatic heterocycles. The number of hydrogen-bond donors (Lipinski definition) is 0. The molecule has 2 rings (SSSR count). The first-order valence-corrected chi connectivity index (χ1v) is 9.91. The fourth-order valence-electron chi connectivity index (χ4n) is 3.04. The van der Waals surface area contributed by atoms with E-state index in [0.29, 0.717) is 32.7 Å². The number of carbonyl (C=O) groups excluding carboxylic acids is 3. The van der Waals surface area contributed by atoms with E-state index in [1.54, 1.807) is 18.7 Å². The first-order valence-electron chi connectivity index (χ1n) is 9.91. The molecule has 1 fully saturated rings. The van der Waals surface area contributed by atoms with Crippen molar-refractivity contribution in [3.63, 3.8) is 0 Å². The van der Waals surface area contributed by atoms with Crippen LogP contribution >= 0.6 is 0 Å². The van der Waals surface area contributed by atoms with Crippen LogP contribution in [0.1, 0.15) is 77.7 Å². The largest absolute Gasteiger partial charge is 0.462 e. The summed E-state index contributed by atoms with van der Waals surface area (Å²) in [6, 6.07) is 0. The lowest BCUT2D eigenvalue weighted by atomic mass is 10.0. The minimum absolute atomic E-state index is 0.0407. The van der Waals surface area contributed by atoms with Crippen LogP contribution in [-0.2, 0) is 14.2 Å². The van der Waals surface area contributed by atoms with Crippen molar-refractivity contribution in [3.05, 3.63) is 16.9 Å². The Kier molecular flexibility index (Phi) is 8.50. The first kappa shape index (κ1) is 21.9. The molecule has 0 aliphatic carbocycles. The molecule has 1 aromatic rings. The number of furan rings is 1. The van der Waals surface area contributed by atoms with Gasteiger partial charge in [0.15, 0.2) is 11.5 Å². The molecule has 1 saturated heterocycles. The van der Waals surface area contributed by atoms with Crippen molar-refractivity contribution >= 4 is 23.6 Å². The Bertz CT molecular complexity index is 689. The molecule has 0 N–H and O–H groups in total. The fourth-order valence-corrected chi connectivity index (χ4v) is 3.04. The highest BCUT2D eigenvalue weighted by Gasteiger charge is 2.37. The van der Waals surface area contributed by atoms with Crippen LogP contribution in [-0.4, -0.2) is 57.2 Å². The zero-order valence-corrected chi connectivity index (χ0v) is 16.9. The Hall–Kier alpha value is -2.35. The van der Waals surface area contributed by atoms with Gasteiger partial charge in [-0.2, -0.15) is 0 Å². The monoisotopic (exact) mass is 395 g/mol. The van der Waals surface area contributed by atoms with Crippen molar-refractivity contribution in [1.82, 2.24) is 0 Å². The number of hydrogen-bond acceptors (Lipinski definition) is 8. The van der Waals surface area contributed by atoms with E-state index in [2.05, 4.69) is 0 Å². The summed E-state index contributed by atoms with van der Waals surface area (Å²) in [6.45, 7) is 7.49. The Morgan fingerprint density at radius 1 is 0.929 bits per heavy atom. The third-order valence-electron chi connectivity index (χ3n) is 4.41. The van der Waals surface area contributed by atoms with Crippen LogP contribution in [0.4, 0.5) is 5.88 Å². The van der Waals surface area contributed by atoms with Gasteiger partial charge in [0, 0.05) is 19.5 Å². The van der Waals surface area contributed by atoms with E-state index in [-0.39, 0.29) is 48.2 Å². The number of ether oxygens (including phenoxy) is 3. The van der Waals surface area contributed by atoms with Crippen molar-refractivity contribution < 1.29 is 33.0 Å². The van der Waals surface area contributed by atoms with Crippen molar-refractivity contribution in [2.45, 2.75) is 46.5 Å². The smallest absolute Gasteiger partial charge is 0.344 e. The number of unbranched alkanes of at least 4 members (excludes halogenated alkanes) is 2. The van der Waals surface area contributed by atoms with Gasteiger partial charge in [0.1, 0.15) is 11.1 Å². The Balaban J connectivity index is 2.53. The molecule has 0 radical (unpaired) electrons. The predicted octanol–water partition coefficient (Wildman–Crippen LogP) is 3.23. The van der Waals surface area contributed by atoms with E-state index in [4.69, 9.17) is 18.6 Å². The summed E-state index contributed by atoms with van der Waals surface area (Å²) in [6.07, 6.45) is 2.77. The van der Waals surface area contributed by atoms with Crippen LogP contribution in [0, 0.1) is 0 Å². The molecule has 8 nitrogen and oxygen atoms in total. The normalized spacial score (nSPS) is 14.0. The number of carbonyl (C=O) groups is 3. The zero-order valence-electron chi connectivity index (χ0n) is 16.9. The number of esters is 2. The third-order valence-corrected chi connectivity index (χ3v) is 4.41. The quantitative estimate of drug-likeness (QED) is 0.338. The molecule has 0 bridgehead atoms. The molecule has 156 valence electrons. The lowest BCUT2D eigenvalue weighted by Crippen LogP contribution is -2.37. The second kappa shape index (κ2) is 10.8. The number of nitrogens with zero attached hydrogens (tertiary/aromatic N) is 1. The van der Waals surface area contributed by atoms with Gasteiger partial charge in [0.05, 0.1) is 26.4 Å². The SMILES string of the molecule is CCCCCC(=O)c1oc(N2CCOCC2)c(C(=O)OCC)c1C(=O)OCC. The number of Topliss-reactive ketones (excluding diaryl/α,β-unsaturated/α-hetero) is 1. The van der Waals surface area contributed by atoms with E-state index in [9.17, 15) is 14.4 Å². The first-order chi connectivity index (χ1) is 13.5. The lowest BCUT2D eigenvalue weighted by Gasteiger charge is -2.27. The van der Waals surface area contributed by atoms with Gasteiger partial charge in [0.25, 0.3) is 0 Å². The summed E-state index contributed by atoms with van der Waals surface area (Å²) >= 11 is 0. The van der Waals surface area contributed by atoms with Gasteiger partial charge in [-0.05, 0) is 20.3 Å². The highest BCUT2D eigenvalue weighted by Crippen LogP contribution is 2.33. The van der Waals surface area contributed by atoms with E-state index in [0.717, 1.165) is 12.8 Å². The van der Waals surface area contributed by atoms with Crippen LogP contribution in [0.15, 0.2) is 4.42 Å². The third kappa shape index (κ3) is 5.13. The molecule has 2 heterocycles. The summed E-state index contributed by atoms with van der Waals surface area (Å²) in [5.74, 6) is -1.74. The summed E-state index contributed by atoms with van der Waals surface area (Å²) in [5, 5.41) is 0. The molecule has 0 saturated carbocycles. The maximum Gasteiger partial charge on any atom is 0.344 e. The lowest BCUT2D eigenvalue weighted by molar-refractivity contribution is 0.0479. The molecule has 0 atom stereocenters. The number of anilines is 1. The van der Waals surface area contributed by atoms with Crippen molar-refractivity contribution in [2.24, 2.45) is 0 Å². The average molecular weight is 395 g/mol. The van der Waals surface area contributed by atoms with Crippen LogP contribution in [0.2, 0.25) is 0 Å². The van der Waals surface area contributed by atoms with Gasteiger partial charge >= 0.3 is 11.9 Å². The molecular weight excluding hydrogens is 366 g/mol. The van der Waals surface area contributed by atoms with Crippen LogP contribution in [0.5, 0.6) is 0 Å². The minimum Gasteiger partial charge on any atom is -0.462 e. The van der Waals surface area contributed by atoms with Crippen molar-refractivity contribution in [1.29, 1.82) is 0 Å².